The van der Waals surface area contributed by atoms with E-state index in [-0.39, 0.29) is 5.56 Å². The number of H-pyrrole nitrogens is 1. The molecule has 3 heterocycles. The van der Waals surface area contributed by atoms with Crippen molar-refractivity contribution in [3.05, 3.63) is 68.3 Å². The number of thiophene rings is 1. The van der Waals surface area contributed by atoms with Gasteiger partial charge < -0.3 is 19.8 Å². The molecule has 2 aromatic heterocycles. The van der Waals surface area contributed by atoms with Crippen LogP contribution in [0.5, 0.6) is 11.5 Å². The molecule has 6 nitrogen and oxygen atoms in total. The molecule has 1 aliphatic rings. The minimum atomic E-state index is -0.414. The minimum Gasteiger partial charge on any atom is -0.486 e. The standard InChI is InChI=1S/C20H17ClN2O4S/c21-14-10-12(11-16-18(14)27-8-7-26-16)5-6-22-19(24)13-3-4-15(23-20(13)25)17-2-1-9-28-17/h1-4,9-11H,5-8H2,(H,22,24)(H,23,25). The second kappa shape index (κ2) is 8.08. The lowest BCUT2D eigenvalue weighted by Gasteiger charge is -2.20. The Kier molecular flexibility index (Phi) is 5.36. The van der Waals surface area contributed by atoms with E-state index in [1.807, 2.05) is 23.6 Å². The fraction of sp³-hybridized carbons (Fsp3) is 0.200. The summed E-state index contributed by atoms with van der Waals surface area (Å²) in [4.78, 5) is 28.3. The first-order valence-electron chi connectivity index (χ1n) is 8.75. The van der Waals surface area contributed by atoms with Gasteiger partial charge in [0.25, 0.3) is 11.5 Å². The SMILES string of the molecule is O=C(NCCc1cc(Cl)c2c(c1)OCCO2)c1ccc(-c2cccs2)[nH]c1=O. The number of aromatic nitrogens is 1. The minimum absolute atomic E-state index is 0.0838. The molecule has 28 heavy (non-hydrogen) atoms. The van der Waals surface area contributed by atoms with Crippen LogP contribution in [0.1, 0.15) is 15.9 Å². The molecular formula is C20H17ClN2O4S. The predicted octanol–water partition coefficient (Wildman–Crippen LogP) is 3.50. The molecule has 2 N–H and O–H groups in total. The van der Waals surface area contributed by atoms with Crippen LogP contribution in [0.25, 0.3) is 10.6 Å². The molecule has 144 valence electrons. The molecule has 0 bridgehead atoms. The van der Waals surface area contributed by atoms with E-state index in [2.05, 4.69) is 10.3 Å². The summed E-state index contributed by atoms with van der Waals surface area (Å²) < 4.78 is 11.1. The summed E-state index contributed by atoms with van der Waals surface area (Å²) in [7, 11) is 0. The molecule has 4 rings (SSSR count). The van der Waals surface area contributed by atoms with Gasteiger partial charge in [-0.25, -0.2) is 0 Å². The van der Waals surface area contributed by atoms with E-state index in [1.165, 1.54) is 11.3 Å². The summed E-state index contributed by atoms with van der Waals surface area (Å²) in [5, 5.41) is 5.18. The number of benzene rings is 1. The molecule has 1 amide bonds. The van der Waals surface area contributed by atoms with Gasteiger partial charge in [0.2, 0.25) is 0 Å². The highest BCUT2D eigenvalue weighted by atomic mass is 35.5. The monoisotopic (exact) mass is 416 g/mol. The van der Waals surface area contributed by atoms with Crippen LogP contribution in [0, 0.1) is 0 Å². The fourth-order valence-corrected chi connectivity index (χ4v) is 3.95. The molecule has 8 heteroatoms. The molecule has 0 aliphatic carbocycles. The molecule has 3 aromatic rings. The lowest BCUT2D eigenvalue weighted by atomic mass is 10.1. The van der Waals surface area contributed by atoms with Crippen LogP contribution >= 0.6 is 22.9 Å². The van der Waals surface area contributed by atoms with Crippen molar-refractivity contribution in [2.24, 2.45) is 0 Å². The number of aromatic amines is 1. The van der Waals surface area contributed by atoms with Gasteiger partial charge in [-0.15, -0.1) is 11.3 Å². The van der Waals surface area contributed by atoms with Gasteiger partial charge in [0.05, 0.1) is 15.6 Å². The van der Waals surface area contributed by atoms with Crippen LogP contribution < -0.4 is 20.3 Å². The Morgan fingerprint density at radius 3 is 2.86 bits per heavy atom. The first kappa shape index (κ1) is 18.6. The van der Waals surface area contributed by atoms with E-state index in [4.69, 9.17) is 21.1 Å². The zero-order chi connectivity index (χ0) is 19.5. The summed E-state index contributed by atoms with van der Waals surface area (Å²) in [6.45, 7) is 1.32. The van der Waals surface area contributed by atoms with Crippen LogP contribution in [0.4, 0.5) is 0 Å². The third-order valence-corrected chi connectivity index (χ3v) is 5.48. The summed E-state index contributed by atoms with van der Waals surface area (Å²) in [5.41, 5.74) is 1.28. The number of halogens is 1. The maximum atomic E-state index is 12.4. The number of amides is 1. The van der Waals surface area contributed by atoms with Crippen molar-refractivity contribution in [3.63, 3.8) is 0 Å². The van der Waals surface area contributed by atoms with Gasteiger partial charge in [-0.2, -0.15) is 0 Å². The topological polar surface area (TPSA) is 80.4 Å². The van der Waals surface area contributed by atoms with Crippen molar-refractivity contribution in [2.75, 3.05) is 19.8 Å². The van der Waals surface area contributed by atoms with Crippen LogP contribution in [-0.4, -0.2) is 30.6 Å². The number of pyridine rings is 1. The van der Waals surface area contributed by atoms with E-state index in [0.29, 0.717) is 48.4 Å². The van der Waals surface area contributed by atoms with E-state index in [0.717, 1.165) is 10.4 Å². The molecule has 0 saturated heterocycles. The summed E-state index contributed by atoms with van der Waals surface area (Å²) >= 11 is 7.75. The zero-order valence-electron chi connectivity index (χ0n) is 14.8. The first-order chi connectivity index (χ1) is 13.6. The number of fused-ring (bicyclic) bond motifs is 1. The van der Waals surface area contributed by atoms with Gasteiger partial charge in [-0.05, 0) is 47.7 Å². The smallest absolute Gasteiger partial charge is 0.261 e. The number of hydrogen-bond donors (Lipinski definition) is 2. The molecule has 1 aromatic carbocycles. The van der Waals surface area contributed by atoms with Crippen LogP contribution in [0.15, 0.2) is 46.6 Å². The Hall–Kier alpha value is -2.77. The number of carbonyl (C=O) groups excluding carboxylic acids is 1. The largest absolute Gasteiger partial charge is 0.486 e. The van der Waals surface area contributed by atoms with Crippen molar-refractivity contribution >= 4 is 28.8 Å². The molecule has 0 unspecified atom stereocenters. The maximum Gasteiger partial charge on any atom is 0.261 e. The van der Waals surface area contributed by atoms with Crippen molar-refractivity contribution < 1.29 is 14.3 Å². The van der Waals surface area contributed by atoms with Gasteiger partial charge in [0.1, 0.15) is 18.8 Å². The third kappa shape index (κ3) is 3.90. The second-order valence-corrected chi connectivity index (χ2v) is 7.55. The average Bonchev–Trinajstić information content (AvgIpc) is 3.23. The molecule has 1 aliphatic heterocycles. The lowest BCUT2D eigenvalue weighted by molar-refractivity contribution is 0.0952. The number of hydrogen-bond acceptors (Lipinski definition) is 5. The van der Waals surface area contributed by atoms with Crippen molar-refractivity contribution in [3.8, 4) is 22.1 Å². The molecule has 0 radical (unpaired) electrons. The number of carbonyl (C=O) groups is 1. The molecule has 0 spiro atoms. The first-order valence-corrected chi connectivity index (χ1v) is 10.0. The highest BCUT2D eigenvalue weighted by Gasteiger charge is 2.17. The molecule has 0 fully saturated rings. The molecular weight excluding hydrogens is 400 g/mol. The van der Waals surface area contributed by atoms with Gasteiger partial charge in [0.15, 0.2) is 11.5 Å². The maximum absolute atomic E-state index is 12.4. The van der Waals surface area contributed by atoms with E-state index < -0.39 is 11.5 Å². The highest BCUT2D eigenvalue weighted by Crippen LogP contribution is 2.38. The Balaban J connectivity index is 1.40. The van der Waals surface area contributed by atoms with Crippen LogP contribution in [0.3, 0.4) is 0 Å². The van der Waals surface area contributed by atoms with Gasteiger partial charge >= 0.3 is 0 Å². The van der Waals surface area contributed by atoms with Crippen LogP contribution in [0.2, 0.25) is 5.02 Å². The van der Waals surface area contributed by atoms with Crippen molar-refractivity contribution in [2.45, 2.75) is 6.42 Å². The van der Waals surface area contributed by atoms with Gasteiger partial charge in [-0.1, -0.05) is 17.7 Å². The average molecular weight is 417 g/mol. The number of rotatable bonds is 5. The number of ether oxygens (including phenoxy) is 2. The Morgan fingerprint density at radius 2 is 2.07 bits per heavy atom. The fourth-order valence-electron chi connectivity index (χ4n) is 2.95. The molecule has 0 saturated carbocycles. The lowest BCUT2D eigenvalue weighted by Crippen LogP contribution is -2.31. The predicted molar refractivity (Wildman–Crippen MR) is 109 cm³/mol. The third-order valence-electron chi connectivity index (χ3n) is 4.30. The van der Waals surface area contributed by atoms with Gasteiger partial charge in [-0.3, -0.25) is 9.59 Å². The Labute approximate surface area is 170 Å². The van der Waals surface area contributed by atoms with E-state index >= 15 is 0 Å². The number of nitrogens with one attached hydrogen (secondary N) is 2. The Morgan fingerprint density at radius 1 is 1.21 bits per heavy atom. The van der Waals surface area contributed by atoms with E-state index in [9.17, 15) is 9.59 Å². The van der Waals surface area contributed by atoms with Gasteiger partial charge in [0, 0.05) is 6.54 Å². The summed E-state index contributed by atoms with van der Waals surface area (Å²) in [5.74, 6) is 0.751. The summed E-state index contributed by atoms with van der Waals surface area (Å²) in [6, 6.07) is 10.8. The Bertz CT molecular complexity index is 1060. The van der Waals surface area contributed by atoms with E-state index in [1.54, 1.807) is 18.2 Å². The van der Waals surface area contributed by atoms with Crippen LogP contribution in [-0.2, 0) is 6.42 Å². The molecule has 0 atom stereocenters. The quantitative estimate of drug-likeness (QED) is 0.667. The van der Waals surface area contributed by atoms with Crippen molar-refractivity contribution in [1.82, 2.24) is 10.3 Å². The normalized spacial score (nSPS) is 12.6. The van der Waals surface area contributed by atoms with Crippen molar-refractivity contribution in [1.29, 1.82) is 0 Å². The highest BCUT2D eigenvalue weighted by molar-refractivity contribution is 7.13. The zero-order valence-corrected chi connectivity index (χ0v) is 16.4. The summed E-state index contributed by atoms with van der Waals surface area (Å²) in [6.07, 6.45) is 0.549. The second-order valence-electron chi connectivity index (χ2n) is 6.20.